The van der Waals surface area contributed by atoms with Gasteiger partial charge in [0.25, 0.3) is 5.91 Å². The van der Waals surface area contributed by atoms with E-state index in [1.165, 1.54) is 18.9 Å². The van der Waals surface area contributed by atoms with Gasteiger partial charge in [0.2, 0.25) is 5.91 Å². The van der Waals surface area contributed by atoms with Crippen molar-refractivity contribution in [2.75, 3.05) is 25.1 Å². The zero-order valence-electron chi connectivity index (χ0n) is 14.2. The first-order valence-electron chi connectivity index (χ1n) is 7.76. The monoisotopic (exact) mass is 337 g/mol. The lowest BCUT2D eigenvalue weighted by molar-refractivity contribution is -0.116. The van der Waals surface area contributed by atoms with Crippen LogP contribution >= 0.6 is 0 Å². The van der Waals surface area contributed by atoms with Gasteiger partial charge in [-0.2, -0.15) is 5.26 Å². The topological polar surface area (TPSA) is 82.4 Å². The minimum absolute atomic E-state index is 0.196. The lowest BCUT2D eigenvalue weighted by Crippen LogP contribution is -2.38. The number of benzene rings is 2. The lowest BCUT2D eigenvalue weighted by atomic mass is 10.1. The Morgan fingerprint density at radius 3 is 2.64 bits per heavy atom. The molecule has 0 spiro atoms. The van der Waals surface area contributed by atoms with Crippen LogP contribution in [0.2, 0.25) is 0 Å². The van der Waals surface area contributed by atoms with Crippen molar-refractivity contribution in [1.29, 1.82) is 5.26 Å². The van der Waals surface area contributed by atoms with E-state index < -0.39 is 0 Å². The summed E-state index contributed by atoms with van der Waals surface area (Å²) in [6.07, 6.45) is 0. The quantitative estimate of drug-likeness (QED) is 0.877. The third kappa shape index (κ3) is 4.58. The van der Waals surface area contributed by atoms with Crippen LogP contribution < -0.4 is 15.0 Å². The number of amides is 2. The molecule has 2 aromatic carbocycles. The van der Waals surface area contributed by atoms with Crippen molar-refractivity contribution in [2.24, 2.45) is 0 Å². The number of nitrogens with zero attached hydrogens (tertiary/aromatic N) is 2. The average Bonchev–Trinajstić information content (AvgIpc) is 2.64. The number of rotatable bonds is 6. The van der Waals surface area contributed by atoms with Crippen molar-refractivity contribution in [2.45, 2.75) is 6.92 Å². The summed E-state index contributed by atoms with van der Waals surface area (Å²) >= 11 is 0. The van der Waals surface area contributed by atoms with Crippen LogP contribution in [0.25, 0.3) is 0 Å². The number of hydrogen-bond donors (Lipinski definition) is 1. The smallest absolute Gasteiger partial charge is 0.251 e. The van der Waals surface area contributed by atoms with E-state index in [2.05, 4.69) is 11.4 Å². The zero-order valence-corrected chi connectivity index (χ0v) is 14.2. The molecule has 0 atom stereocenters. The van der Waals surface area contributed by atoms with E-state index in [0.29, 0.717) is 22.6 Å². The predicted molar refractivity (Wildman–Crippen MR) is 94.5 cm³/mol. The highest BCUT2D eigenvalue weighted by Gasteiger charge is 2.15. The summed E-state index contributed by atoms with van der Waals surface area (Å²) < 4.78 is 5.10. The van der Waals surface area contributed by atoms with Crippen LogP contribution in [0.3, 0.4) is 0 Å². The second-order valence-corrected chi connectivity index (χ2v) is 5.29. The van der Waals surface area contributed by atoms with Gasteiger partial charge in [-0.1, -0.05) is 18.2 Å². The van der Waals surface area contributed by atoms with Crippen molar-refractivity contribution >= 4 is 17.5 Å². The third-order valence-corrected chi connectivity index (χ3v) is 3.65. The Morgan fingerprint density at radius 1 is 1.20 bits per heavy atom. The van der Waals surface area contributed by atoms with Gasteiger partial charge in [0, 0.05) is 25.6 Å². The van der Waals surface area contributed by atoms with Crippen molar-refractivity contribution in [3.8, 4) is 11.8 Å². The van der Waals surface area contributed by atoms with Crippen LogP contribution in [0, 0.1) is 11.3 Å². The summed E-state index contributed by atoms with van der Waals surface area (Å²) in [5, 5.41) is 12.0. The number of carbonyl (C=O) groups excluding carboxylic acids is 2. The van der Waals surface area contributed by atoms with E-state index >= 15 is 0 Å². The Bertz CT molecular complexity index is 812. The van der Waals surface area contributed by atoms with Crippen molar-refractivity contribution < 1.29 is 14.3 Å². The van der Waals surface area contributed by atoms with E-state index in [1.807, 2.05) is 0 Å². The molecular formula is C19H19N3O3. The van der Waals surface area contributed by atoms with E-state index in [9.17, 15) is 14.9 Å². The number of hydrogen-bond acceptors (Lipinski definition) is 4. The van der Waals surface area contributed by atoms with E-state index in [-0.39, 0.29) is 24.9 Å². The summed E-state index contributed by atoms with van der Waals surface area (Å²) in [6, 6.07) is 15.8. The third-order valence-electron chi connectivity index (χ3n) is 3.65. The van der Waals surface area contributed by atoms with Crippen LogP contribution in [0.1, 0.15) is 22.8 Å². The van der Waals surface area contributed by atoms with Gasteiger partial charge in [0.05, 0.1) is 18.4 Å². The number of anilines is 1. The molecule has 0 heterocycles. The maximum atomic E-state index is 12.2. The first-order chi connectivity index (χ1) is 12.1. The summed E-state index contributed by atoms with van der Waals surface area (Å²) in [6.45, 7) is 1.96. The standard InChI is InChI=1S/C19H19N3O3/c1-14(23)22(18-9-4-3-6-16(18)13-20)11-10-21-19(24)15-7-5-8-17(12-15)25-2/h3-9,12H,10-11H2,1-2H3,(H,21,24). The second kappa shape index (κ2) is 8.50. The van der Waals surface area contributed by atoms with Crippen LogP contribution in [0.15, 0.2) is 48.5 Å². The van der Waals surface area contributed by atoms with E-state index in [1.54, 1.807) is 48.5 Å². The van der Waals surface area contributed by atoms with Crippen molar-refractivity contribution in [3.05, 3.63) is 59.7 Å². The molecule has 2 amide bonds. The van der Waals surface area contributed by atoms with Gasteiger partial charge >= 0.3 is 0 Å². The summed E-state index contributed by atoms with van der Waals surface area (Å²) in [7, 11) is 1.54. The first kappa shape index (κ1) is 18.0. The molecule has 0 aliphatic carbocycles. The number of para-hydroxylation sites is 1. The van der Waals surface area contributed by atoms with Crippen LogP contribution in [0.4, 0.5) is 5.69 Å². The molecule has 2 rings (SSSR count). The largest absolute Gasteiger partial charge is 0.497 e. The van der Waals surface area contributed by atoms with Gasteiger partial charge in [-0.3, -0.25) is 9.59 Å². The Kier molecular flexibility index (Phi) is 6.13. The fourth-order valence-electron chi connectivity index (χ4n) is 2.40. The minimum atomic E-state index is -0.254. The summed E-state index contributed by atoms with van der Waals surface area (Å²) in [5.74, 6) is 0.148. The molecule has 2 aromatic rings. The highest BCUT2D eigenvalue weighted by Crippen LogP contribution is 2.19. The van der Waals surface area contributed by atoms with Gasteiger partial charge in [0.15, 0.2) is 0 Å². The second-order valence-electron chi connectivity index (χ2n) is 5.29. The Labute approximate surface area is 146 Å². The van der Waals surface area contributed by atoms with Gasteiger partial charge in [-0.15, -0.1) is 0 Å². The molecule has 0 aliphatic heterocycles. The zero-order chi connectivity index (χ0) is 18.2. The average molecular weight is 337 g/mol. The minimum Gasteiger partial charge on any atom is -0.497 e. The molecule has 0 fully saturated rings. The van der Waals surface area contributed by atoms with Gasteiger partial charge < -0.3 is 15.0 Å². The van der Waals surface area contributed by atoms with Gasteiger partial charge in [0.1, 0.15) is 11.8 Å². The van der Waals surface area contributed by atoms with Crippen molar-refractivity contribution in [1.82, 2.24) is 5.32 Å². The van der Waals surface area contributed by atoms with Crippen LogP contribution in [-0.2, 0) is 4.79 Å². The Morgan fingerprint density at radius 2 is 1.96 bits per heavy atom. The fourth-order valence-corrected chi connectivity index (χ4v) is 2.40. The van der Waals surface area contributed by atoms with E-state index in [0.717, 1.165) is 0 Å². The van der Waals surface area contributed by atoms with Gasteiger partial charge in [-0.05, 0) is 30.3 Å². The number of carbonyl (C=O) groups is 2. The van der Waals surface area contributed by atoms with Crippen LogP contribution in [0.5, 0.6) is 5.75 Å². The normalized spacial score (nSPS) is 9.80. The van der Waals surface area contributed by atoms with Gasteiger partial charge in [-0.25, -0.2) is 0 Å². The molecule has 0 aromatic heterocycles. The molecule has 0 saturated carbocycles. The fraction of sp³-hybridized carbons (Fsp3) is 0.211. The maximum Gasteiger partial charge on any atom is 0.251 e. The SMILES string of the molecule is COc1cccc(C(=O)NCCN(C(C)=O)c2ccccc2C#N)c1. The molecule has 1 N–H and O–H groups in total. The number of nitriles is 1. The van der Waals surface area contributed by atoms with Crippen molar-refractivity contribution in [3.63, 3.8) is 0 Å². The highest BCUT2D eigenvalue weighted by molar-refractivity contribution is 5.95. The molecule has 0 bridgehead atoms. The summed E-state index contributed by atoms with van der Waals surface area (Å²) in [4.78, 5) is 25.6. The molecule has 0 unspecified atom stereocenters. The highest BCUT2D eigenvalue weighted by atomic mass is 16.5. The molecule has 0 saturated heterocycles. The number of ether oxygens (including phenoxy) is 1. The first-order valence-corrected chi connectivity index (χ1v) is 7.76. The molecule has 128 valence electrons. The maximum absolute atomic E-state index is 12.2. The molecule has 0 aliphatic rings. The number of methoxy groups -OCH3 is 1. The Hall–Kier alpha value is -3.33. The van der Waals surface area contributed by atoms with Crippen LogP contribution in [-0.4, -0.2) is 32.0 Å². The number of nitrogens with one attached hydrogen (secondary N) is 1. The van der Waals surface area contributed by atoms with E-state index in [4.69, 9.17) is 4.74 Å². The summed E-state index contributed by atoms with van der Waals surface area (Å²) in [5.41, 5.74) is 1.43. The Balaban J connectivity index is 2.03. The molecule has 25 heavy (non-hydrogen) atoms. The lowest BCUT2D eigenvalue weighted by Gasteiger charge is -2.22. The predicted octanol–water partition coefficient (Wildman–Crippen LogP) is 2.35. The molecule has 6 nitrogen and oxygen atoms in total. The molecule has 6 heteroatoms. The molecular weight excluding hydrogens is 318 g/mol. The molecule has 0 radical (unpaired) electrons.